The number of aliphatic imine (C=N–C) groups is 2. The molecule has 0 aliphatic rings. The summed E-state index contributed by atoms with van der Waals surface area (Å²) < 4.78 is 0. The van der Waals surface area contributed by atoms with Crippen LogP contribution in [-0.2, 0) is 16.8 Å². The van der Waals surface area contributed by atoms with Gasteiger partial charge >= 0.3 is 16.8 Å². The molecule has 0 aliphatic carbocycles. The predicted octanol–water partition coefficient (Wildman–Crippen LogP) is -2.97. The molecule has 0 atom stereocenters. The van der Waals surface area contributed by atoms with Gasteiger partial charge in [-0.2, -0.15) is 0 Å². The minimum atomic E-state index is 0. The van der Waals surface area contributed by atoms with Crippen molar-refractivity contribution in [2.75, 3.05) is 0 Å². The van der Waals surface area contributed by atoms with Crippen LogP contribution in [-0.4, -0.2) is 16.4 Å². The van der Waals surface area contributed by atoms with Gasteiger partial charge in [-0.1, -0.05) is 48.0 Å². The molecule has 0 spiro atoms. The second-order valence-electron chi connectivity index (χ2n) is 5.62. The first kappa shape index (κ1) is 29.8. The fourth-order valence-corrected chi connectivity index (χ4v) is 2.58. The van der Waals surface area contributed by atoms with Gasteiger partial charge in [-0.05, 0) is 50.2 Å². The van der Waals surface area contributed by atoms with E-state index in [4.69, 9.17) is 11.6 Å². The van der Waals surface area contributed by atoms with Crippen LogP contribution < -0.4 is 37.2 Å². The summed E-state index contributed by atoms with van der Waals surface area (Å²) in [5.41, 5.74) is 4.88. The molecule has 0 unspecified atom stereocenters. The third-order valence-corrected chi connectivity index (χ3v) is 3.86. The van der Waals surface area contributed by atoms with Gasteiger partial charge in [0.05, 0.1) is 34.2 Å². The zero-order valence-electron chi connectivity index (χ0n) is 15.6. The number of benzene rings is 2. The van der Waals surface area contributed by atoms with Crippen molar-refractivity contribution in [3.05, 3.63) is 89.2 Å². The molecule has 3 rings (SSSR count). The van der Waals surface area contributed by atoms with Gasteiger partial charge in [-0.25, -0.2) is 4.98 Å². The van der Waals surface area contributed by atoms with Crippen molar-refractivity contribution in [2.24, 2.45) is 9.98 Å². The predicted molar refractivity (Wildman–Crippen MR) is 106 cm³/mol. The molecule has 0 saturated carbocycles. The summed E-state index contributed by atoms with van der Waals surface area (Å²) >= 11 is 6.29. The summed E-state index contributed by atoms with van der Waals surface area (Å²) in [4.78, 5) is 13.9. The smallest absolute Gasteiger partial charge is 1.00 e. The van der Waals surface area contributed by atoms with Crippen LogP contribution in [0.25, 0.3) is 0 Å². The Kier molecular flexibility index (Phi) is 15.0. The molecule has 3 aromatic rings. The van der Waals surface area contributed by atoms with E-state index in [1.54, 1.807) is 0 Å². The Balaban J connectivity index is 0. The number of hydrogen-bond acceptors (Lipinski definition) is 3. The van der Waals surface area contributed by atoms with E-state index in [0.717, 1.165) is 34.2 Å². The van der Waals surface area contributed by atoms with E-state index in [1.807, 2.05) is 86.6 Å². The third kappa shape index (κ3) is 8.87. The minimum Gasteiger partial charge on any atom is -1.00 e. The van der Waals surface area contributed by atoms with Gasteiger partial charge < -0.3 is 37.2 Å². The maximum absolute atomic E-state index is 6.29. The van der Waals surface area contributed by atoms with Crippen molar-refractivity contribution in [3.63, 3.8) is 0 Å². The quantitative estimate of drug-likeness (QED) is 0.344. The van der Waals surface area contributed by atoms with Gasteiger partial charge in [0.15, 0.2) is 0 Å². The molecule has 1 aromatic heterocycles. The second kappa shape index (κ2) is 14.6. The average molecular weight is 513 g/mol. The average Bonchev–Trinajstić information content (AvgIpc) is 2.63. The number of aromatic nitrogens is 1. The van der Waals surface area contributed by atoms with Gasteiger partial charge in [0.25, 0.3) is 0 Å². The maximum Gasteiger partial charge on any atom is 3.00 e. The molecule has 0 bridgehead atoms. The zero-order valence-corrected chi connectivity index (χ0v) is 19.7. The molecule has 0 N–H and O–H groups in total. The number of halogens is 4. The van der Waals surface area contributed by atoms with Gasteiger partial charge in [-0.15, -0.1) is 0 Å². The molecule has 0 radical (unpaired) electrons. The standard InChI is InChI=1S/C21H18ClN3.3ClH.Co/c1-15(23-18-9-5-3-6-10-18)20-13-17(22)14-21(25-20)16(2)24-19-11-7-4-8-12-19;;;;/h3-14H,1-2H3;3*1H;/q;;;;+3/p-3. The van der Waals surface area contributed by atoms with Crippen molar-refractivity contribution in [1.29, 1.82) is 0 Å². The van der Waals surface area contributed by atoms with Crippen LogP contribution in [0.2, 0.25) is 5.02 Å². The summed E-state index contributed by atoms with van der Waals surface area (Å²) in [6.45, 7) is 3.86. The van der Waals surface area contributed by atoms with Crippen LogP contribution in [0.4, 0.5) is 11.4 Å². The van der Waals surface area contributed by atoms with Gasteiger partial charge in [0, 0.05) is 5.02 Å². The fraction of sp³-hybridized carbons (Fsp3) is 0.0952. The zero-order chi connectivity index (χ0) is 17.6. The van der Waals surface area contributed by atoms with Gasteiger partial charge in [0.2, 0.25) is 0 Å². The molecular weight excluding hydrogens is 495 g/mol. The Labute approximate surface area is 205 Å². The van der Waals surface area contributed by atoms with Gasteiger partial charge in [0.1, 0.15) is 0 Å². The number of hydrogen-bond donors (Lipinski definition) is 0. The largest absolute Gasteiger partial charge is 3.00 e. The Morgan fingerprint density at radius 1 is 0.690 bits per heavy atom. The molecule has 29 heavy (non-hydrogen) atoms. The second-order valence-corrected chi connectivity index (χ2v) is 6.06. The van der Waals surface area contributed by atoms with E-state index in [0.29, 0.717) is 5.02 Å². The minimum absolute atomic E-state index is 0. The van der Waals surface area contributed by atoms with Crippen LogP contribution in [0, 0.1) is 0 Å². The molecule has 0 aliphatic heterocycles. The van der Waals surface area contributed by atoms with Crippen LogP contribution in [0.15, 0.2) is 82.8 Å². The summed E-state index contributed by atoms with van der Waals surface area (Å²) in [5.74, 6) is 0. The first-order chi connectivity index (χ1) is 12.1. The van der Waals surface area contributed by atoms with Crippen molar-refractivity contribution in [3.8, 4) is 0 Å². The first-order valence-electron chi connectivity index (χ1n) is 8.01. The molecular formula is C21H18Cl4CoN3. The number of para-hydroxylation sites is 2. The first-order valence-corrected chi connectivity index (χ1v) is 8.38. The van der Waals surface area contributed by atoms with Crippen LogP contribution in [0.1, 0.15) is 25.2 Å². The fourth-order valence-electron chi connectivity index (χ4n) is 2.37. The van der Waals surface area contributed by atoms with E-state index in [-0.39, 0.29) is 54.0 Å². The van der Waals surface area contributed by atoms with E-state index < -0.39 is 0 Å². The van der Waals surface area contributed by atoms with E-state index in [9.17, 15) is 0 Å². The molecule has 154 valence electrons. The van der Waals surface area contributed by atoms with Crippen molar-refractivity contribution in [2.45, 2.75) is 13.8 Å². The SMILES string of the molecule is CC(=Nc1ccccc1)c1cc(Cl)cc(C(C)=Nc2ccccc2)n1.[Cl-].[Cl-].[Cl-].[Co+3]. The molecule has 0 amide bonds. The Hall–Kier alpha value is -1.40. The van der Waals surface area contributed by atoms with Crippen LogP contribution >= 0.6 is 11.6 Å². The van der Waals surface area contributed by atoms with Crippen molar-refractivity contribution >= 4 is 34.4 Å². The Morgan fingerprint density at radius 2 is 1.03 bits per heavy atom. The van der Waals surface area contributed by atoms with E-state index in [2.05, 4.69) is 15.0 Å². The van der Waals surface area contributed by atoms with Crippen LogP contribution in [0.3, 0.4) is 0 Å². The normalized spacial score (nSPS) is 10.6. The summed E-state index contributed by atoms with van der Waals surface area (Å²) in [6.07, 6.45) is 0. The number of pyridine rings is 1. The number of rotatable bonds is 4. The van der Waals surface area contributed by atoms with Crippen LogP contribution in [0.5, 0.6) is 0 Å². The van der Waals surface area contributed by atoms with Crippen molar-refractivity contribution < 1.29 is 54.0 Å². The third-order valence-electron chi connectivity index (χ3n) is 3.64. The molecule has 3 nitrogen and oxygen atoms in total. The summed E-state index contributed by atoms with van der Waals surface area (Å²) in [7, 11) is 0. The molecule has 0 saturated heterocycles. The summed E-state index contributed by atoms with van der Waals surface area (Å²) in [6, 6.07) is 23.2. The summed E-state index contributed by atoms with van der Waals surface area (Å²) in [5, 5.41) is 0.616. The molecule has 0 fully saturated rings. The number of nitrogens with zero attached hydrogens (tertiary/aromatic N) is 3. The Morgan fingerprint density at radius 3 is 1.38 bits per heavy atom. The molecule has 1 heterocycles. The maximum atomic E-state index is 6.29. The van der Waals surface area contributed by atoms with E-state index in [1.165, 1.54) is 0 Å². The topological polar surface area (TPSA) is 37.6 Å². The monoisotopic (exact) mass is 511 g/mol. The molecule has 2 aromatic carbocycles. The van der Waals surface area contributed by atoms with Gasteiger partial charge in [-0.3, -0.25) is 9.98 Å². The Bertz CT molecular complexity index is 859. The van der Waals surface area contributed by atoms with E-state index >= 15 is 0 Å². The molecule has 8 heteroatoms. The van der Waals surface area contributed by atoms with Crippen molar-refractivity contribution in [1.82, 2.24) is 4.98 Å².